The van der Waals surface area contributed by atoms with E-state index in [-0.39, 0.29) is 6.04 Å². The maximum absolute atomic E-state index is 10.1. The molecule has 1 saturated heterocycles. The molecule has 0 spiro atoms. The molecule has 1 aliphatic heterocycles. The van der Waals surface area contributed by atoms with Crippen molar-refractivity contribution in [1.29, 1.82) is 0 Å². The van der Waals surface area contributed by atoms with Crippen molar-refractivity contribution in [3.05, 3.63) is 30.3 Å². The quantitative estimate of drug-likeness (QED) is 0.808. The molecule has 2 N–H and O–H groups in total. The highest BCUT2D eigenvalue weighted by atomic mass is 16.5. The average molecular weight is 250 g/mol. The van der Waals surface area contributed by atoms with E-state index in [4.69, 9.17) is 4.74 Å². The van der Waals surface area contributed by atoms with Crippen molar-refractivity contribution in [3.8, 4) is 5.75 Å². The lowest BCUT2D eigenvalue weighted by atomic mass is 10.1. The number of nitrogens with one attached hydrogen (secondary N) is 1. The van der Waals surface area contributed by atoms with Gasteiger partial charge in [-0.1, -0.05) is 18.2 Å². The van der Waals surface area contributed by atoms with Crippen molar-refractivity contribution in [3.63, 3.8) is 0 Å². The van der Waals surface area contributed by atoms with Crippen LogP contribution in [0.25, 0.3) is 0 Å². The van der Waals surface area contributed by atoms with Crippen LogP contribution < -0.4 is 10.1 Å². The number of hydrogen-bond donors (Lipinski definition) is 2. The van der Waals surface area contributed by atoms with E-state index in [1.54, 1.807) is 0 Å². The van der Waals surface area contributed by atoms with Crippen LogP contribution in [-0.4, -0.2) is 54.9 Å². The summed E-state index contributed by atoms with van der Waals surface area (Å²) in [6.07, 6.45) is -0.455. The smallest absolute Gasteiger partial charge is 0.119 e. The molecule has 0 aliphatic carbocycles. The van der Waals surface area contributed by atoms with Crippen LogP contribution in [0.15, 0.2) is 30.3 Å². The van der Waals surface area contributed by atoms with Gasteiger partial charge in [0.15, 0.2) is 0 Å². The van der Waals surface area contributed by atoms with Gasteiger partial charge in [-0.25, -0.2) is 0 Å². The number of ether oxygens (including phenoxy) is 1. The van der Waals surface area contributed by atoms with Gasteiger partial charge in [-0.3, -0.25) is 4.90 Å². The lowest BCUT2D eigenvalue weighted by molar-refractivity contribution is 0.0210. The molecule has 1 heterocycles. The number of aliphatic hydroxyl groups is 1. The first-order chi connectivity index (χ1) is 8.77. The normalized spacial score (nSPS) is 20.3. The third-order valence-electron chi connectivity index (χ3n) is 3.45. The predicted octanol–water partition coefficient (Wildman–Crippen LogP) is 0.720. The third-order valence-corrected chi connectivity index (χ3v) is 3.45. The lowest BCUT2D eigenvalue weighted by Gasteiger charge is -2.35. The summed E-state index contributed by atoms with van der Waals surface area (Å²) in [7, 11) is 0. The number of piperazine rings is 1. The van der Waals surface area contributed by atoms with Crippen LogP contribution in [0.5, 0.6) is 5.75 Å². The van der Waals surface area contributed by atoms with Gasteiger partial charge in [0.2, 0.25) is 0 Å². The lowest BCUT2D eigenvalue weighted by Crippen LogP contribution is -2.52. The van der Waals surface area contributed by atoms with Gasteiger partial charge in [-0.05, 0) is 19.1 Å². The standard InChI is InChI=1S/C14H22N2O2/c1-12(16-9-7-15-8-10-16)14(17)11-18-13-5-3-2-4-6-13/h2-6,12,14-15,17H,7-11H2,1H3. The number of benzene rings is 1. The largest absolute Gasteiger partial charge is 0.491 e. The molecule has 4 nitrogen and oxygen atoms in total. The Balaban J connectivity index is 1.78. The monoisotopic (exact) mass is 250 g/mol. The zero-order valence-electron chi connectivity index (χ0n) is 10.9. The van der Waals surface area contributed by atoms with Gasteiger partial charge in [0.05, 0.1) is 0 Å². The van der Waals surface area contributed by atoms with Gasteiger partial charge < -0.3 is 15.2 Å². The van der Waals surface area contributed by atoms with Crippen molar-refractivity contribution in [2.24, 2.45) is 0 Å². The van der Waals surface area contributed by atoms with Crippen molar-refractivity contribution in [2.45, 2.75) is 19.1 Å². The molecule has 0 bridgehead atoms. The fraction of sp³-hybridized carbons (Fsp3) is 0.571. The Morgan fingerprint density at radius 3 is 2.61 bits per heavy atom. The van der Waals surface area contributed by atoms with Crippen LogP contribution in [0, 0.1) is 0 Å². The molecule has 1 aromatic carbocycles. The Labute approximate surface area is 109 Å². The summed E-state index contributed by atoms with van der Waals surface area (Å²) in [5.74, 6) is 0.809. The second kappa shape index (κ2) is 6.73. The average Bonchev–Trinajstić information content (AvgIpc) is 2.46. The minimum atomic E-state index is -0.455. The van der Waals surface area contributed by atoms with E-state index in [1.165, 1.54) is 0 Å². The molecule has 1 aliphatic rings. The Hall–Kier alpha value is -1.10. The van der Waals surface area contributed by atoms with Crippen LogP contribution in [0.1, 0.15) is 6.92 Å². The molecular formula is C14H22N2O2. The van der Waals surface area contributed by atoms with Gasteiger partial charge in [-0.2, -0.15) is 0 Å². The first kappa shape index (κ1) is 13.3. The number of hydrogen-bond acceptors (Lipinski definition) is 4. The maximum Gasteiger partial charge on any atom is 0.119 e. The number of aliphatic hydroxyl groups excluding tert-OH is 1. The molecule has 0 saturated carbocycles. The number of rotatable bonds is 5. The van der Waals surface area contributed by atoms with Crippen molar-refractivity contribution in [2.75, 3.05) is 32.8 Å². The topological polar surface area (TPSA) is 44.7 Å². The van der Waals surface area contributed by atoms with Crippen LogP contribution >= 0.6 is 0 Å². The fourth-order valence-corrected chi connectivity index (χ4v) is 2.17. The summed E-state index contributed by atoms with van der Waals surface area (Å²) in [6.45, 7) is 6.37. The van der Waals surface area contributed by atoms with Gasteiger partial charge in [0.25, 0.3) is 0 Å². The molecule has 1 aromatic rings. The molecule has 0 aromatic heterocycles. The number of para-hydroxylation sites is 1. The second-order valence-corrected chi connectivity index (χ2v) is 4.72. The Morgan fingerprint density at radius 1 is 1.28 bits per heavy atom. The highest BCUT2D eigenvalue weighted by Crippen LogP contribution is 2.11. The van der Waals surface area contributed by atoms with E-state index in [1.807, 2.05) is 30.3 Å². The van der Waals surface area contributed by atoms with E-state index in [0.29, 0.717) is 6.61 Å². The van der Waals surface area contributed by atoms with E-state index < -0.39 is 6.10 Å². The summed E-state index contributed by atoms with van der Waals surface area (Å²) >= 11 is 0. The van der Waals surface area contributed by atoms with Gasteiger partial charge >= 0.3 is 0 Å². The molecule has 0 radical (unpaired) electrons. The van der Waals surface area contributed by atoms with Crippen LogP contribution in [0.2, 0.25) is 0 Å². The second-order valence-electron chi connectivity index (χ2n) is 4.72. The van der Waals surface area contributed by atoms with Gasteiger partial charge in [0.1, 0.15) is 18.5 Å². The molecule has 0 amide bonds. The summed E-state index contributed by atoms with van der Waals surface area (Å²) in [4.78, 5) is 2.30. The summed E-state index contributed by atoms with van der Waals surface area (Å²) in [6, 6.07) is 9.76. The molecule has 18 heavy (non-hydrogen) atoms. The molecule has 2 unspecified atom stereocenters. The summed E-state index contributed by atoms with van der Waals surface area (Å²) in [5, 5.41) is 13.5. The highest BCUT2D eigenvalue weighted by Gasteiger charge is 2.23. The Kier molecular flexibility index (Phi) is 4.99. The maximum atomic E-state index is 10.1. The SMILES string of the molecule is CC(C(O)COc1ccccc1)N1CCNCC1. The van der Waals surface area contributed by atoms with E-state index in [2.05, 4.69) is 17.1 Å². The minimum absolute atomic E-state index is 0.135. The minimum Gasteiger partial charge on any atom is -0.491 e. The van der Waals surface area contributed by atoms with Gasteiger partial charge in [0, 0.05) is 32.2 Å². The zero-order chi connectivity index (χ0) is 12.8. The fourth-order valence-electron chi connectivity index (χ4n) is 2.17. The summed E-state index contributed by atoms with van der Waals surface area (Å²) in [5.41, 5.74) is 0. The molecule has 2 rings (SSSR count). The Morgan fingerprint density at radius 2 is 1.94 bits per heavy atom. The van der Waals surface area contributed by atoms with Crippen molar-refractivity contribution >= 4 is 0 Å². The van der Waals surface area contributed by atoms with E-state index in [0.717, 1.165) is 31.9 Å². The van der Waals surface area contributed by atoms with Crippen molar-refractivity contribution in [1.82, 2.24) is 10.2 Å². The molecule has 2 atom stereocenters. The Bertz CT molecular complexity index is 339. The molecule has 4 heteroatoms. The predicted molar refractivity (Wildman–Crippen MR) is 71.8 cm³/mol. The number of nitrogens with zero attached hydrogens (tertiary/aromatic N) is 1. The first-order valence-corrected chi connectivity index (χ1v) is 6.58. The van der Waals surface area contributed by atoms with Crippen molar-refractivity contribution < 1.29 is 9.84 Å². The van der Waals surface area contributed by atoms with E-state index in [9.17, 15) is 5.11 Å². The zero-order valence-corrected chi connectivity index (χ0v) is 10.9. The summed E-state index contributed by atoms with van der Waals surface area (Å²) < 4.78 is 5.59. The molecular weight excluding hydrogens is 228 g/mol. The highest BCUT2D eigenvalue weighted by molar-refractivity contribution is 5.20. The third kappa shape index (κ3) is 3.70. The van der Waals surface area contributed by atoms with Gasteiger partial charge in [-0.15, -0.1) is 0 Å². The molecule has 1 fully saturated rings. The van der Waals surface area contributed by atoms with E-state index >= 15 is 0 Å². The van der Waals surface area contributed by atoms with Crippen LogP contribution in [-0.2, 0) is 0 Å². The van der Waals surface area contributed by atoms with Crippen LogP contribution in [0.4, 0.5) is 0 Å². The first-order valence-electron chi connectivity index (χ1n) is 6.58. The molecule has 100 valence electrons. The van der Waals surface area contributed by atoms with Crippen LogP contribution in [0.3, 0.4) is 0 Å².